The highest BCUT2D eigenvalue weighted by Crippen LogP contribution is 2.27. The number of hydrogen-bond acceptors (Lipinski definition) is 3. The minimum absolute atomic E-state index is 0.552. The van der Waals surface area contributed by atoms with Crippen molar-refractivity contribution in [2.45, 2.75) is 19.0 Å². The summed E-state index contributed by atoms with van der Waals surface area (Å²) in [5.74, 6) is 0. The Morgan fingerprint density at radius 3 is 2.72 bits per heavy atom. The summed E-state index contributed by atoms with van der Waals surface area (Å²) in [4.78, 5) is 4.74. The lowest BCUT2D eigenvalue weighted by Crippen LogP contribution is -2.32. The Balaban J connectivity index is 2.12. The maximum atomic E-state index is 3.52. The van der Waals surface area contributed by atoms with E-state index in [1.54, 1.807) is 0 Å². The van der Waals surface area contributed by atoms with Crippen molar-refractivity contribution in [1.82, 2.24) is 15.1 Å². The second-order valence-electron chi connectivity index (χ2n) is 5.46. The zero-order chi connectivity index (χ0) is 13.0. The minimum Gasteiger partial charge on any atom is -0.313 e. The van der Waals surface area contributed by atoms with Crippen molar-refractivity contribution in [2.24, 2.45) is 0 Å². The standard InChI is InChI=1S/C15H25N3/c1-17(2)10-11-18(3)15-8-9-16-12-13-6-4-5-7-14(13)15/h4-7,15-16H,8-12H2,1-3H3. The molecule has 1 aliphatic rings. The number of benzene rings is 1. The monoisotopic (exact) mass is 247 g/mol. The molecule has 3 heteroatoms. The van der Waals surface area contributed by atoms with Crippen LogP contribution in [0.4, 0.5) is 0 Å². The summed E-state index contributed by atoms with van der Waals surface area (Å²) in [6.07, 6.45) is 1.20. The molecule has 1 aliphatic heterocycles. The molecule has 2 rings (SSSR count). The van der Waals surface area contributed by atoms with Gasteiger partial charge in [0.25, 0.3) is 0 Å². The largest absolute Gasteiger partial charge is 0.313 e. The summed E-state index contributed by atoms with van der Waals surface area (Å²) in [5, 5.41) is 3.52. The van der Waals surface area contributed by atoms with Crippen LogP contribution in [0.15, 0.2) is 24.3 Å². The zero-order valence-electron chi connectivity index (χ0n) is 11.8. The molecule has 0 aromatic heterocycles. The van der Waals surface area contributed by atoms with E-state index < -0.39 is 0 Å². The van der Waals surface area contributed by atoms with Gasteiger partial charge in [-0.2, -0.15) is 0 Å². The molecule has 1 unspecified atom stereocenters. The summed E-state index contributed by atoms with van der Waals surface area (Å²) >= 11 is 0. The molecule has 0 saturated heterocycles. The molecule has 3 nitrogen and oxygen atoms in total. The van der Waals surface area contributed by atoms with Gasteiger partial charge >= 0.3 is 0 Å². The van der Waals surface area contributed by atoms with E-state index in [4.69, 9.17) is 0 Å². The minimum atomic E-state index is 0.552. The Morgan fingerprint density at radius 2 is 1.94 bits per heavy atom. The Hall–Kier alpha value is -0.900. The fraction of sp³-hybridized carbons (Fsp3) is 0.600. The molecule has 0 fully saturated rings. The van der Waals surface area contributed by atoms with Gasteiger partial charge in [0.15, 0.2) is 0 Å². The Labute approximate surface area is 111 Å². The van der Waals surface area contributed by atoms with E-state index in [2.05, 4.69) is 60.5 Å². The van der Waals surface area contributed by atoms with E-state index in [-0.39, 0.29) is 0 Å². The normalized spacial score (nSPS) is 19.9. The summed E-state index contributed by atoms with van der Waals surface area (Å²) in [5.41, 5.74) is 2.96. The number of nitrogens with one attached hydrogen (secondary N) is 1. The average molecular weight is 247 g/mol. The number of hydrogen-bond donors (Lipinski definition) is 1. The van der Waals surface area contributed by atoms with Gasteiger partial charge in [-0.1, -0.05) is 24.3 Å². The van der Waals surface area contributed by atoms with Crippen molar-refractivity contribution in [3.05, 3.63) is 35.4 Å². The first-order valence-corrected chi connectivity index (χ1v) is 6.82. The van der Waals surface area contributed by atoms with Crippen molar-refractivity contribution < 1.29 is 0 Å². The number of nitrogens with zero attached hydrogens (tertiary/aromatic N) is 2. The summed E-state index contributed by atoms with van der Waals surface area (Å²) in [7, 11) is 6.52. The van der Waals surface area contributed by atoms with Crippen LogP contribution in [0.25, 0.3) is 0 Å². The topological polar surface area (TPSA) is 18.5 Å². The molecule has 1 atom stereocenters. The summed E-state index contributed by atoms with van der Waals surface area (Å²) in [6.45, 7) is 4.34. The van der Waals surface area contributed by atoms with Crippen molar-refractivity contribution in [3.63, 3.8) is 0 Å². The number of likely N-dealkylation sites (N-methyl/N-ethyl adjacent to an activating group) is 2. The van der Waals surface area contributed by atoms with Gasteiger partial charge in [-0.05, 0) is 45.2 Å². The highest BCUT2D eigenvalue weighted by atomic mass is 15.2. The van der Waals surface area contributed by atoms with Crippen molar-refractivity contribution in [1.29, 1.82) is 0 Å². The maximum absolute atomic E-state index is 3.52. The molecular weight excluding hydrogens is 222 g/mol. The van der Waals surface area contributed by atoms with Gasteiger partial charge in [-0.25, -0.2) is 0 Å². The molecule has 0 radical (unpaired) electrons. The van der Waals surface area contributed by atoms with Gasteiger partial charge in [0.05, 0.1) is 0 Å². The van der Waals surface area contributed by atoms with E-state index in [0.29, 0.717) is 6.04 Å². The summed E-state index contributed by atoms with van der Waals surface area (Å²) < 4.78 is 0. The predicted octanol–water partition coefficient (Wildman–Crippen LogP) is 1.71. The van der Waals surface area contributed by atoms with Crippen LogP contribution in [0, 0.1) is 0 Å². The third-order valence-electron chi connectivity index (χ3n) is 3.76. The summed E-state index contributed by atoms with van der Waals surface area (Å²) in [6, 6.07) is 9.40. The van der Waals surface area contributed by atoms with E-state index in [1.165, 1.54) is 17.5 Å². The maximum Gasteiger partial charge on any atom is 0.0360 e. The van der Waals surface area contributed by atoms with Crippen LogP contribution >= 0.6 is 0 Å². The van der Waals surface area contributed by atoms with Crippen LogP contribution in [0.5, 0.6) is 0 Å². The second-order valence-corrected chi connectivity index (χ2v) is 5.46. The van der Waals surface area contributed by atoms with Gasteiger partial charge < -0.3 is 10.2 Å². The van der Waals surface area contributed by atoms with Crippen LogP contribution in [0.1, 0.15) is 23.6 Å². The van der Waals surface area contributed by atoms with Crippen molar-refractivity contribution in [3.8, 4) is 0 Å². The predicted molar refractivity (Wildman–Crippen MR) is 76.7 cm³/mol. The second kappa shape index (κ2) is 6.32. The van der Waals surface area contributed by atoms with Gasteiger partial charge in [0.2, 0.25) is 0 Å². The molecule has 0 saturated carbocycles. The SMILES string of the molecule is CN(C)CCN(C)C1CCNCc2ccccc21. The molecule has 18 heavy (non-hydrogen) atoms. The van der Waals surface area contributed by atoms with Gasteiger partial charge in [0.1, 0.15) is 0 Å². The Kier molecular flexibility index (Phi) is 4.75. The fourth-order valence-corrected chi connectivity index (χ4v) is 2.61. The third-order valence-corrected chi connectivity index (χ3v) is 3.76. The molecule has 0 amide bonds. The fourth-order valence-electron chi connectivity index (χ4n) is 2.61. The third kappa shape index (κ3) is 3.31. The lowest BCUT2D eigenvalue weighted by molar-refractivity contribution is 0.211. The van der Waals surface area contributed by atoms with Gasteiger partial charge in [-0.15, -0.1) is 0 Å². The first kappa shape index (κ1) is 13.5. The van der Waals surface area contributed by atoms with Crippen molar-refractivity contribution in [2.75, 3.05) is 40.8 Å². The molecule has 0 bridgehead atoms. The lowest BCUT2D eigenvalue weighted by Gasteiger charge is -2.29. The molecule has 0 spiro atoms. The first-order valence-electron chi connectivity index (χ1n) is 6.82. The molecule has 1 aromatic rings. The average Bonchev–Trinajstić information content (AvgIpc) is 2.58. The van der Waals surface area contributed by atoms with Crippen LogP contribution in [-0.2, 0) is 6.54 Å². The molecule has 100 valence electrons. The first-order chi connectivity index (χ1) is 8.68. The van der Waals surface area contributed by atoms with Crippen LogP contribution < -0.4 is 5.32 Å². The zero-order valence-corrected chi connectivity index (χ0v) is 11.8. The smallest absolute Gasteiger partial charge is 0.0360 e. The molecule has 1 heterocycles. The lowest BCUT2D eigenvalue weighted by atomic mass is 9.98. The van der Waals surface area contributed by atoms with Crippen molar-refractivity contribution >= 4 is 0 Å². The molecule has 0 aliphatic carbocycles. The highest BCUT2D eigenvalue weighted by Gasteiger charge is 2.21. The highest BCUT2D eigenvalue weighted by molar-refractivity contribution is 5.31. The Bertz CT molecular complexity index is 376. The quantitative estimate of drug-likeness (QED) is 0.874. The van der Waals surface area contributed by atoms with Crippen LogP contribution in [0.3, 0.4) is 0 Å². The van der Waals surface area contributed by atoms with E-state index in [9.17, 15) is 0 Å². The van der Waals surface area contributed by atoms with Gasteiger partial charge in [0, 0.05) is 25.7 Å². The van der Waals surface area contributed by atoms with Crippen LogP contribution in [-0.4, -0.2) is 50.6 Å². The molecular formula is C15H25N3. The van der Waals surface area contributed by atoms with E-state index >= 15 is 0 Å². The van der Waals surface area contributed by atoms with E-state index in [0.717, 1.165) is 26.2 Å². The number of rotatable bonds is 4. The van der Waals surface area contributed by atoms with E-state index in [1.807, 2.05) is 0 Å². The number of fused-ring (bicyclic) bond motifs is 1. The molecule has 1 N–H and O–H groups in total. The molecule has 1 aromatic carbocycles. The van der Waals surface area contributed by atoms with Gasteiger partial charge in [-0.3, -0.25) is 4.90 Å². The Morgan fingerprint density at radius 1 is 1.17 bits per heavy atom. The van der Waals surface area contributed by atoms with Crippen LogP contribution in [0.2, 0.25) is 0 Å².